The van der Waals surface area contributed by atoms with Gasteiger partial charge < -0.3 is 20.1 Å². The zero-order valence-corrected chi connectivity index (χ0v) is 18.9. The van der Waals surface area contributed by atoms with Gasteiger partial charge in [0.15, 0.2) is 5.82 Å². The lowest BCUT2D eigenvalue weighted by Gasteiger charge is -2.10. The summed E-state index contributed by atoms with van der Waals surface area (Å²) in [6, 6.07) is 22.0. The first kappa shape index (κ1) is 22.8. The summed E-state index contributed by atoms with van der Waals surface area (Å²) in [7, 11) is 0. The average Bonchev–Trinajstić information content (AvgIpc) is 3.23. The van der Waals surface area contributed by atoms with Crippen molar-refractivity contribution in [2.24, 2.45) is 0 Å². The van der Waals surface area contributed by atoms with Gasteiger partial charge >= 0.3 is 0 Å². The molecule has 2 N–H and O–H groups in total. The highest BCUT2D eigenvalue weighted by molar-refractivity contribution is 5.98. The topological polar surface area (TPSA) is 77.4 Å². The first-order chi connectivity index (χ1) is 16.6. The van der Waals surface area contributed by atoms with Crippen LogP contribution in [0.4, 0.5) is 27.4 Å². The first-order valence-electron chi connectivity index (χ1n) is 11.0. The zero-order valence-electron chi connectivity index (χ0n) is 18.9. The number of anilines is 4. The predicted octanol–water partition coefficient (Wildman–Crippen LogP) is 6.00. The lowest BCUT2D eigenvalue weighted by atomic mass is 10.2. The molecular formula is C26H25FN4O3. The molecule has 4 aromatic rings. The van der Waals surface area contributed by atoms with Gasteiger partial charge in [0.25, 0.3) is 5.91 Å². The summed E-state index contributed by atoms with van der Waals surface area (Å²) in [5.41, 5.74) is 1.70. The number of halogens is 1. The third kappa shape index (κ3) is 5.53. The van der Waals surface area contributed by atoms with Gasteiger partial charge in [-0.05, 0) is 80.6 Å². The molecule has 0 atom stereocenters. The Morgan fingerprint density at radius 1 is 0.853 bits per heavy atom. The van der Waals surface area contributed by atoms with Gasteiger partial charge in [0.05, 0.1) is 13.2 Å². The summed E-state index contributed by atoms with van der Waals surface area (Å²) in [5, 5.41) is 10.8. The van der Waals surface area contributed by atoms with Crippen LogP contribution in [0.15, 0.2) is 78.9 Å². The number of hydrogen-bond donors (Lipinski definition) is 2. The van der Waals surface area contributed by atoms with Crippen LogP contribution in [0.3, 0.4) is 0 Å². The maximum Gasteiger partial charge on any atom is 0.280 e. The minimum absolute atomic E-state index is 0.186. The molecule has 34 heavy (non-hydrogen) atoms. The van der Waals surface area contributed by atoms with Crippen LogP contribution in [-0.2, 0) is 0 Å². The average molecular weight is 461 g/mol. The Labute approximate surface area is 197 Å². The van der Waals surface area contributed by atoms with Crippen LogP contribution in [0.2, 0.25) is 0 Å². The van der Waals surface area contributed by atoms with Crippen molar-refractivity contribution in [3.63, 3.8) is 0 Å². The summed E-state index contributed by atoms with van der Waals surface area (Å²) < 4.78 is 25.9. The van der Waals surface area contributed by atoms with E-state index in [9.17, 15) is 9.18 Å². The standard InChI is InChI=1S/C26H25FN4O3/c1-3-33-22-12-8-20(9-13-22)28-24-17-25(29-21-10-14-23(15-11-21)34-4-2)31(30-24)26(32)18-6-5-7-19(27)16-18/h5-17,29H,3-4H2,1-2H3,(H,28,30). The molecule has 0 saturated carbocycles. The van der Waals surface area contributed by atoms with Crippen LogP contribution in [0.1, 0.15) is 24.2 Å². The Balaban J connectivity index is 1.63. The highest BCUT2D eigenvalue weighted by Crippen LogP contribution is 2.26. The molecule has 0 saturated heterocycles. The van der Waals surface area contributed by atoms with E-state index in [2.05, 4.69) is 15.7 Å². The molecule has 4 rings (SSSR count). The fraction of sp³-hybridized carbons (Fsp3) is 0.154. The lowest BCUT2D eigenvalue weighted by molar-refractivity contribution is 0.0947. The molecule has 0 radical (unpaired) electrons. The van der Waals surface area contributed by atoms with Gasteiger partial charge in [-0.3, -0.25) is 4.79 Å². The number of nitrogens with one attached hydrogen (secondary N) is 2. The van der Waals surface area contributed by atoms with E-state index in [4.69, 9.17) is 9.47 Å². The molecule has 0 aliphatic carbocycles. The van der Waals surface area contributed by atoms with Crippen molar-refractivity contribution in [2.45, 2.75) is 13.8 Å². The minimum atomic E-state index is -0.494. The van der Waals surface area contributed by atoms with Crippen LogP contribution in [0.25, 0.3) is 0 Å². The summed E-state index contributed by atoms with van der Waals surface area (Å²) in [6.07, 6.45) is 0. The van der Waals surface area contributed by atoms with Crippen LogP contribution in [0, 0.1) is 5.82 Å². The largest absolute Gasteiger partial charge is 0.494 e. The maximum absolute atomic E-state index is 13.7. The molecule has 0 aliphatic rings. The van der Waals surface area contributed by atoms with Crippen molar-refractivity contribution in [2.75, 3.05) is 23.8 Å². The second-order valence-corrected chi connectivity index (χ2v) is 7.31. The number of carbonyl (C=O) groups excluding carboxylic acids is 1. The maximum atomic E-state index is 13.7. The van der Waals surface area contributed by atoms with Crippen LogP contribution in [-0.4, -0.2) is 28.9 Å². The van der Waals surface area contributed by atoms with Gasteiger partial charge in [0.2, 0.25) is 0 Å². The van der Waals surface area contributed by atoms with E-state index in [1.54, 1.807) is 12.1 Å². The van der Waals surface area contributed by atoms with Gasteiger partial charge in [-0.1, -0.05) is 6.07 Å². The first-order valence-corrected chi connectivity index (χ1v) is 11.0. The summed E-state index contributed by atoms with van der Waals surface area (Å²) in [4.78, 5) is 13.2. The molecule has 1 heterocycles. The second-order valence-electron chi connectivity index (χ2n) is 7.31. The van der Waals surface area contributed by atoms with Crippen molar-refractivity contribution < 1.29 is 18.7 Å². The van der Waals surface area contributed by atoms with E-state index < -0.39 is 11.7 Å². The molecule has 0 amide bonds. The fourth-order valence-corrected chi connectivity index (χ4v) is 3.33. The van der Waals surface area contributed by atoms with E-state index in [1.807, 2.05) is 62.4 Å². The van der Waals surface area contributed by atoms with Crippen molar-refractivity contribution in [3.05, 3.63) is 90.2 Å². The lowest BCUT2D eigenvalue weighted by Crippen LogP contribution is -2.16. The van der Waals surface area contributed by atoms with Gasteiger partial charge in [0, 0.05) is 23.0 Å². The highest BCUT2D eigenvalue weighted by Gasteiger charge is 2.17. The smallest absolute Gasteiger partial charge is 0.280 e. The molecular weight excluding hydrogens is 435 g/mol. The summed E-state index contributed by atoms with van der Waals surface area (Å²) >= 11 is 0. The van der Waals surface area contributed by atoms with Gasteiger partial charge in [0.1, 0.15) is 23.1 Å². The summed E-state index contributed by atoms with van der Waals surface area (Å²) in [5.74, 6) is 1.42. The van der Waals surface area contributed by atoms with Crippen LogP contribution in [0.5, 0.6) is 11.5 Å². The number of aromatic nitrogens is 2. The van der Waals surface area contributed by atoms with E-state index in [0.717, 1.165) is 22.9 Å². The molecule has 8 heteroatoms. The van der Waals surface area contributed by atoms with Gasteiger partial charge in [-0.25, -0.2) is 4.39 Å². The van der Waals surface area contributed by atoms with Gasteiger partial charge in [-0.2, -0.15) is 4.68 Å². The Kier molecular flexibility index (Phi) is 7.07. The van der Waals surface area contributed by atoms with Crippen molar-refractivity contribution in [1.29, 1.82) is 0 Å². The predicted molar refractivity (Wildman–Crippen MR) is 130 cm³/mol. The monoisotopic (exact) mass is 460 g/mol. The van der Waals surface area contributed by atoms with Crippen LogP contribution < -0.4 is 20.1 Å². The second kappa shape index (κ2) is 10.5. The number of benzene rings is 3. The Morgan fingerprint density at radius 3 is 2.00 bits per heavy atom. The fourth-order valence-electron chi connectivity index (χ4n) is 3.33. The molecule has 0 spiro atoms. The molecule has 0 fully saturated rings. The van der Waals surface area contributed by atoms with E-state index in [-0.39, 0.29) is 5.56 Å². The molecule has 3 aromatic carbocycles. The Bertz CT molecular complexity index is 1250. The Morgan fingerprint density at radius 2 is 1.44 bits per heavy atom. The number of nitrogens with zero attached hydrogens (tertiary/aromatic N) is 2. The number of rotatable bonds is 9. The van der Waals surface area contributed by atoms with Crippen molar-refractivity contribution >= 4 is 28.9 Å². The molecule has 0 aliphatic heterocycles. The SMILES string of the molecule is CCOc1ccc(Nc2cc(Nc3ccc(OCC)cc3)n(C(=O)c3cccc(F)c3)n2)cc1. The third-order valence-corrected chi connectivity index (χ3v) is 4.85. The van der Waals surface area contributed by atoms with E-state index in [1.165, 1.54) is 22.9 Å². The van der Waals surface area contributed by atoms with E-state index >= 15 is 0 Å². The number of carbonyl (C=O) groups is 1. The zero-order chi connectivity index (χ0) is 23.9. The molecule has 174 valence electrons. The summed E-state index contributed by atoms with van der Waals surface area (Å²) in [6.45, 7) is 5.00. The van der Waals surface area contributed by atoms with Gasteiger partial charge in [-0.15, -0.1) is 5.10 Å². The van der Waals surface area contributed by atoms with Crippen molar-refractivity contribution in [3.8, 4) is 11.5 Å². The molecule has 0 bridgehead atoms. The molecule has 1 aromatic heterocycles. The molecule has 0 unspecified atom stereocenters. The van der Waals surface area contributed by atoms with E-state index in [0.29, 0.717) is 24.8 Å². The van der Waals surface area contributed by atoms with Crippen LogP contribution >= 0.6 is 0 Å². The quantitative estimate of drug-likeness (QED) is 0.319. The molecule has 7 nitrogen and oxygen atoms in total. The minimum Gasteiger partial charge on any atom is -0.494 e. The Hall–Kier alpha value is -4.33. The highest BCUT2D eigenvalue weighted by atomic mass is 19.1. The third-order valence-electron chi connectivity index (χ3n) is 4.85. The van der Waals surface area contributed by atoms with Crippen molar-refractivity contribution in [1.82, 2.24) is 9.78 Å². The number of ether oxygens (including phenoxy) is 2. The number of hydrogen-bond acceptors (Lipinski definition) is 6. The normalized spacial score (nSPS) is 10.6.